The van der Waals surface area contributed by atoms with Crippen molar-refractivity contribution in [2.75, 3.05) is 13.1 Å². The van der Waals surface area contributed by atoms with Gasteiger partial charge in [0, 0.05) is 12.0 Å². The summed E-state index contributed by atoms with van der Waals surface area (Å²) in [5.41, 5.74) is 0. The SMILES string of the molecule is Cl.O=C(NC1CCNCC1)C1CCCCCC1. The molecule has 0 atom stereocenters. The van der Waals surface area contributed by atoms with Gasteiger partial charge in [0.25, 0.3) is 0 Å². The van der Waals surface area contributed by atoms with Gasteiger partial charge in [-0.15, -0.1) is 12.4 Å². The molecule has 0 spiro atoms. The fourth-order valence-corrected chi connectivity index (χ4v) is 2.83. The van der Waals surface area contributed by atoms with Gasteiger partial charge in [-0.25, -0.2) is 0 Å². The van der Waals surface area contributed by atoms with Crippen LogP contribution in [-0.2, 0) is 4.79 Å². The number of halogens is 1. The number of piperidine rings is 1. The standard InChI is InChI=1S/C13H24N2O.ClH/c16-13(11-5-3-1-2-4-6-11)15-12-7-9-14-10-8-12;/h11-12,14H,1-10H2,(H,15,16);1H. The molecular formula is C13H25ClN2O. The second-order valence-corrected chi connectivity index (χ2v) is 5.22. The van der Waals surface area contributed by atoms with Crippen LogP contribution in [-0.4, -0.2) is 25.0 Å². The van der Waals surface area contributed by atoms with E-state index in [1.54, 1.807) is 0 Å². The van der Waals surface area contributed by atoms with Gasteiger partial charge in [0.2, 0.25) is 5.91 Å². The van der Waals surface area contributed by atoms with E-state index in [-0.39, 0.29) is 12.4 Å². The zero-order valence-corrected chi connectivity index (χ0v) is 11.4. The summed E-state index contributed by atoms with van der Waals surface area (Å²) in [6, 6.07) is 0.428. The summed E-state index contributed by atoms with van der Waals surface area (Å²) in [7, 11) is 0. The Labute approximate surface area is 111 Å². The van der Waals surface area contributed by atoms with E-state index in [0.29, 0.717) is 17.9 Å². The van der Waals surface area contributed by atoms with Gasteiger partial charge in [-0.1, -0.05) is 25.7 Å². The second kappa shape index (κ2) is 7.93. The Kier molecular flexibility index (Phi) is 6.90. The smallest absolute Gasteiger partial charge is 0.223 e. The highest BCUT2D eigenvalue weighted by Crippen LogP contribution is 2.23. The molecule has 0 radical (unpaired) electrons. The first-order chi connectivity index (χ1) is 7.86. The second-order valence-electron chi connectivity index (χ2n) is 5.22. The van der Waals surface area contributed by atoms with E-state index < -0.39 is 0 Å². The van der Waals surface area contributed by atoms with Crippen LogP contribution < -0.4 is 10.6 Å². The van der Waals surface area contributed by atoms with Crippen LogP contribution in [0.15, 0.2) is 0 Å². The Balaban J connectivity index is 0.00000144. The molecule has 0 unspecified atom stereocenters. The highest BCUT2D eigenvalue weighted by molar-refractivity contribution is 5.85. The summed E-state index contributed by atoms with van der Waals surface area (Å²) in [4.78, 5) is 12.1. The van der Waals surface area contributed by atoms with E-state index in [1.807, 2.05) is 0 Å². The Morgan fingerprint density at radius 3 is 2.12 bits per heavy atom. The van der Waals surface area contributed by atoms with E-state index >= 15 is 0 Å². The molecule has 3 nitrogen and oxygen atoms in total. The molecule has 1 saturated heterocycles. The number of carbonyl (C=O) groups excluding carboxylic acids is 1. The van der Waals surface area contributed by atoms with Crippen LogP contribution in [0.25, 0.3) is 0 Å². The van der Waals surface area contributed by atoms with Crippen LogP contribution >= 0.6 is 12.4 Å². The first-order valence-corrected chi connectivity index (χ1v) is 6.87. The van der Waals surface area contributed by atoms with Gasteiger partial charge in [-0.3, -0.25) is 4.79 Å². The lowest BCUT2D eigenvalue weighted by Gasteiger charge is -2.25. The van der Waals surface area contributed by atoms with E-state index in [0.717, 1.165) is 38.8 Å². The third-order valence-corrected chi connectivity index (χ3v) is 3.91. The zero-order chi connectivity index (χ0) is 11.2. The molecule has 1 amide bonds. The highest BCUT2D eigenvalue weighted by Gasteiger charge is 2.23. The molecule has 1 aliphatic carbocycles. The predicted octanol–water partition coefficient (Wildman–Crippen LogP) is 2.25. The largest absolute Gasteiger partial charge is 0.353 e. The summed E-state index contributed by atoms with van der Waals surface area (Å²) in [6.45, 7) is 2.10. The molecule has 0 bridgehead atoms. The van der Waals surface area contributed by atoms with Crippen LogP contribution in [0.2, 0.25) is 0 Å². The third kappa shape index (κ3) is 4.84. The van der Waals surface area contributed by atoms with Gasteiger partial charge >= 0.3 is 0 Å². The van der Waals surface area contributed by atoms with Gasteiger partial charge in [-0.05, 0) is 38.8 Å². The lowest BCUT2D eigenvalue weighted by Crippen LogP contribution is -2.44. The van der Waals surface area contributed by atoms with Crippen molar-refractivity contribution in [3.05, 3.63) is 0 Å². The summed E-state index contributed by atoms with van der Waals surface area (Å²) < 4.78 is 0. The summed E-state index contributed by atoms with van der Waals surface area (Å²) in [5, 5.41) is 6.56. The maximum absolute atomic E-state index is 12.1. The Hall–Kier alpha value is -0.280. The topological polar surface area (TPSA) is 41.1 Å². The molecule has 17 heavy (non-hydrogen) atoms. The minimum absolute atomic E-state index is 0. The Morgan fingerprint density at radius 1 is 0.941 bits per heavy atom. The van der Waals surface area contributed by atoms with Crippen molar-refractivity contribution < 1.29 is 4.79 Å². The van der Waals surface area contributed by atoms with Gasteiger partial charge in [0.15, 0.2) is 0 Å². The normalized spacial score (nSPS) is 23.5. The number of nitrogens with one attached hydrogen (secondary N) is 2. The summed E-state index contributed by atoms with van der Waals surface area (Å²) in [5.74, 6) is 0.631. The van der Waals surface area contributed by atoms with Crippen LogP contribution in [0.3, 0.4) is 0 Å². The molecule has 2 N–H and O–H groups in total. The fourth-order valence-electron chi connectivity index (χ4n) is 2.83. The molecule has 1 aliphatic heterocycles. The van der Waals surface area contributed by atoms with Crippen molar-refractivity contribution in [3.8, 4) is 0 Å². The van der Waals surface area contributed by atoms with Gasteiger partial charge in [0.1, 0.15) is 0 Å². The molecule has 100 valence electrons. The maximum Gasteiger partial charge on any atom is 0.223 e. The van der Waals surface area contributed by atoms with Gasteiger partial charge in [0.05, 0.1) is 0 Å². The van der Waals surface area contributed by atoms with Crippen molar-refractivity contribution >= 4 is 18.3 Å². The van der Waals surface area contributed by atoms with Crippen molar-refractivity contribution in [3.63, 3.8) is 0 Å². The monoisotopic (exact) mass is 260 g/mol. The van der Waals surface area contributed by atoms with E-state index in [1.165, 1.54) is 25.7 Å². The maximum atomic E-state index is 12.1. The average molecular weight is 261 g/mol. The lowest BCUT2D eigenvalue weighted by atomic mass is 9.98. The van der Waals surface area contributed by atoms with Gasteiger partial charge in [-0.2, -0.15) is 0 Å². The first-order valence-electron chi connectivity index (χ1n) is 6.87. The predicted molar refractivity (Wildman–Crippen MR) is 72.5 cm³/mol. The van der Waals surface area contributed by atoms with E-state index in [4.69, 9.17) is 0 Å². The van der Waals surface area contributed by atoms with Crippen molar-refractivity contribution in [2.24, 2.45) is 5.92 Å². The molecule has 2 rings (SSSR count). The minimum atomic E-state index is 0. The number of amides is 1. The van der Waals surface area contributed by atoms with Crippen molar-refractivity contribution in [1.82, 2.24) is 10.6 Å². The molecular weight excluding hydrogens is 236 g/mol. The quantitative estimate of drug-likeness (QED) is 0.748. The van der Waals surface area contributed by atoms with Crippen LogP contribution in [0.5, 0.6) is 0 Å². The molecule has 0 aromatic heterocycles. The molecule has 0 aromatic carbocycles. The van der Waals surface area contributed by atoms with Crippen LogP contribution in [0.4, 0.5) is 0 Å². The lowest BCUT2D eigenvalue weighted by molar-refractivity contribution is -0.126. The Morgan fingerprint density at radius 2 is 1.53 bits per heavy atom. The van der Waals surface area contributed by atoms with Crippen LogP contribution in [0.1, 0.15) is 51.4 Å². The summed E-state index contributed by atoms with van der Waals surface area (Å²) in [6.07, 6.45) is 9.52. The van der Waals surface area contributed by atoms with Crippen LogP contribution in [0, 0.1) is 5.92 Å². The molecule has 1 heterocycles. The highest BCUT2D eigenvalue weighted by atomic mass is 35.5. The number of hydrogen-bond acceptors (Lipinski definition) is 2. The molecule has 2 aliphatic rings. The van der Waals surface area contributed by atoms with E-state index in [2.05, 4.69) is 10.6 Å². The summed E-state index contributed by atoms with van der Waals surface area (Å²) >= 11 is 0. The van der Waals surface area contributed by atoms with Crippen molar-refractivity contribution in [2.45, 2.75) is 57.4 Å². The number of hydrogen-bond donors (Lipinski definition) is 2. The fraction of sp³-hybridized carbons (Fsp3) is 0.923. The minimum Gasteiger partial charge on any atom is -0.353 e. The average Bonchev–Trinajstić information content (AvgIpc) is 2.59. The molecule has 1 saturated carbocycles. The number of carbonyl (C=O) groups is 1. The van der Waals surface area contributed by atoms with E-state index in [9.17, 15) is 4.79 Å². The van der Waals surface area contributed by atoms with Gasteiger partial charge < -0.3 is 10.6 Å². The molecule has 2 fully saturated rings. The first kappa shape index (κ1) is 14.8. The zero-order valence-electron chi connectivity index (χ0n) is 10.5. The third-order valence-electron chi connectivity index (χ3n) is 3.91. The Bertz CT molecular complexity index is 221. The molecule has 0 aromatic rings. The number of rotatable bonds is 2. The van der Waals surface area contributed by atoms with Crippen molar-refractivity contribution in [1.29, 1.82) is 0 Å². The molecule has 4 heteroatoms.